The van der Waals surface area contributed by atoms with Crippen molar-refractivity contribution in [1.29, 1.82) is 0 Å². The van der Waals surface area contributed by atoms with Gasteiger partial charge in [0.15, 0.2) is 10.8 Å². The molecule has 1 aromatic carbocycles. The van der Waals surface area contributed by atoms with E-state index >= 15 is 0 Å². The van der Waals surface area contributed by atoms with Crippen LogP contribution in [0.1, 0.15) is 39.3 Å². The average molecular weight is 288 g/mol. The molecular weight excluding hydrogens is 272 g/mol. The summed E-state index contributed by atoms with van der Waals surface area (Å²) in [6.07, 6.45) is 4.66. The monoisotopic (exact) mass is 288 g/mol. The zero-order valence-corrected chi connectivity index (χ0v) is 12.1. The quantitative estimate of drug-likeness (QED) is 0.902. The van der Waals surface area contributed by atoms with Gasteiger partial charge in [-0.3, -0.25) is 0 Å². The average Bonchev–Trinajstić information content (AvgIpc) is 2.80. The Morgan fingerprint density at radius 2 is 2.15 bits per heavy atom. The molecule has 0 aliphatic heterocycles. The van der Waals surface area contributed by atoms with Crippen molar-refractivity contribution in [3.05, 3.63) is 39.9 Å². The molecule has 0 fully saturated rings. The predicted octanol–water partition coefficient (Wildman–Crippen LogP) is 3.77. The molecule has 0 saturated carbocycles. The number of fused-ring (bicyclic) bond motifs is 1. The number of carboxylic acids is 1. The number of nitrogens with one attached hydrogen (secondary N) is 1. The zero-order chi connectivity index (χ0) is 14.1. The SMILES string of the molecule is Cc1sc(Nc2cccc3c2CCCC3)nc1C(=O)O. The summed E-state index contributed by atoms with van der Waals surface area (Å²) in [6, 6.07) is 6.27. The number of rotatable bonds is 3. The number of thiazole rings is 1. The van der Waals surface area contributed by atoms with Crippen molar-refractivity contribution in [2.45, 2.75) is 32.6 Å². The summed E-state index contributed by atoms with van der Waals surface area (Å²) in [5.74, 6) is -0.970. The molecule has 4 nitrogen and oxygen atoms in total. The molecule has 104 valence electrons. The molecule has 3 rings (SSSR count). The Bertz CT molecular complexity index is 664. The second kappa shape index (κ2) is 5.25. The third-order valence-electron chi connectivity index (χ3n) is 3.64. The molecule has 2 N–H and O–H groups in total. The minimum Gasteiger partial charge on any atom is -0.476 e. The minimum absolute atomic E-state index is 0.141. The number of carbonyl (C=O) groups is 1. The molecule has 1 aliphatic rings. The fourth-order valence-corrected chi connectivity index (χ4v) is 3.48. The molecule has 1 aromatic heterocycles. The van der Waals surface area contributed by atoms with Gasteiger partial charge in [0.2, 0.25) is 0 Å². The van der Waals surface area contributed by atoms with E-state index in [1.165, 1.54) is 35.3 Å². The van der Waals surface area contributed by atoms with Crippen LogP contribution < -0.4 is 5.32 Å². The van der Waals surface area contributed by atoms with Gasteiger partial charge >= 0.3 is 5.97 Å². The number of benzene rings is 1. The molecule has 20 heavy (non-hydrogen) atoms. The molecule has 2 aromatic rings. The van der Waals surface area contributed by atoms with Crippen LogP contribution in [0.4, 0.5) is 10.8 Å². The molecule has 0 spiro atoms. The zero-order valence-electron chi connectivity index (χ0n) is 11.3. The van der Waals surface area contributed by atoms with Gasteiger partial charge in [0.25, 0.3) is 0 Å². The number of aryl methyl sites for hydroxylation is 2. The lowest BCUT2D eigenvalue weighted by Crippen LogP contribution is -2.06. The smallest absolute Gasteiger partial charge is 0.355 e. The fraction of sp³-hybridized carbons (Fsp3) is 0.333. The Morgan fingerprint density at radius 3 is 2.90 bits per heavy atom. The van der Waals surface area contributed by atoms with E-state index in [9.17, 15) is 4.79 Å². The highest BCUT2D eigenvalue weighted by Crippen LogP contribution is 2.32. The molecular formula is C15H16N2O2S. The minimum atomic E-state index is -0.970. The van der Waals surface area contributed by atoms with Gasteiger partial charge in [0.05, 0.1) is 0 Å². The predicted molar refractivity (Wildman–Crippen MR) is 80.2 cm³/mol. The lowest BCUT2D eigenvalue weighted by atomic mass is 9.90. The van der Waals surface area contributed by atoms with Gasteiger partial charge in [0.1, 0.15) is 0 Å². The van der Waals surface area contributed by atoms with E-state index in [1.54, 1.807) is 6.92 Å². The van der Waals surface area contributed by atoms with Crippen molar-refractivity contribution in [1.82, 2.24) is 4.98 Å². The first kappa shape index (κ1) is 13.1. The number of anilines is 2. The fourth-order valence-electron chi connectivity index (χ4n) is 2.66. The first-order valence-corrected chi connectivity index (χ1v) is 7.55. The van der Waals surface area contributed by atoms with Gasteiger partial charge in [-0.2, -0.15) is 0 Å². The Morgan fingerprint density at radius 1 is 1.35 bits per heavy atom. The van der Waals surface area contributed by atoms with E-state index in [2.05, 4.69) is 16.4 Å². The number of nitrogens with zero attached hydrogens (tertiary/aromatic N) is 1. The van der Waals surface area contributed by atoms with Crippen LogP contribution in [0.3, 0.4) is 0 Å². The molecule has 1 aliphatic carbocycles. The molecule has 0 radical (unpaired) electrons. The highest BCUT2D eigenvalue weighted by atomic mass is 32.1. The maximum absolute atomic E-state index is 11.0. The Labute approximate surface area is 121 Å². The number of carboxylic acid groups (broad SMARTS) is 1. The van der Waals surface area contributed by atoms with E-state index in [-0.39, 0.29) is 5.69 Å². The lowest BCUT2D eigenvalue weighted by Gasteiger charge is -2.19. The van der Waals surface area contributed by atoms with Crippen molar-refractivity contribution in [3.8, 4) is 0 Å². The second-order valence-electron chi connectivity index (χ2n) is 5.00. The van der Waals surface area contributed by atoms with Crippen molar-refractivity contribution in [3.63, 3.8) is 0 Å². The molecule has 1 heterocycles. The van der Waals surface area contributed by atoms with E-state index in [4.69, 9.17) is 5.11 Å². The molecule has 0 bridgehead atoms. The maximum Gasteiger partial charge on any atom is 0.355 e. The van der Waals surface area contributed by atoms with E-state index < -0.39 is 5.97 Å². The Kier molecular flexibility index (Phi) is 3.44. The number of hydrogen-bond donors (Lipinski definition) is 2. The van der Waals surface area contributed by atoms with Crippen molar-refractivity contribution >= 4 is 28.1 Å². The van der Waals surface area contributed by atoms with Gasteiger partial charge in [0, 0.05) is 10.6 Å². The summed E-state index contributed by atoms with van der Waals surface area (Å²) in [4.78, 5) is 15.9. The van der Waals surface area contributed by atoms with Crippen LogP contribution in [0.25, 0.3) is 0 Å². The number of aromatic carboxylic acids is 1. The topological polar surface area (TPSA) is 62.2 Å². The second-order valence-corrected chi connectivity index (χ2v) is 6.21. The Hall–Kier alpha value is -1.88. The van der Waals surface area contributed by atoms with Crippen molar-refractivity contribution in [2.75, 3.05) is 5.32 Å². The standard InChI is InChI=1S/C15H16N2O2S/c1-9-13(14(18)19)17-15(20-9)16-12-8-4-6-10-5-2-3-7-11(10)12/h4,6,8H,2-3,5,7H2,1H3,(H,16,17)(H,18,19). The number of aromatic nitrogens is 1. The third kappa shape index (κ3) is 2.41. The van der Waals surface area contributed by atoms with Gasteiger partial charge < -0.3 is 10.4 Å². The van der Waals surface area contributed by atoms with E-state index in [0.29, 0.717) is 5.13 Å². The molecule has 0 unspecified atom stereocenters. The van der Waals surface area contributed by atoms with Crippen LogP contribution in [0.2, 0.25) is 0 Å². The van der Waals surface area contributed by atoms with Gasteiger partial charge in [-0.15, -0.1) is 11.3 Å². The third-order valence-corrected chi connectivity index (χ3v) is 4.52. The maximum atomic E-state index is 11.0. The van der Waals surface area contributed by atoms with E-state index in [1.807, 2.05) is 12.1 Å². The summed E-state index contributed by atoms with van der Waals surface area (Å²) >= 11 is 1.39. The largest absolute Gasteiger partial charge is 0.476 e. The molecule has 0 atom stereocenters. The summed E-state index contributed by atoms with van der Waals surface area (Å²) in [5, 5.41) is 13.0. The van der Waals surface area contributed by atoms with E-state index in [0.717, 1.165) is 23.4 Å². The van der Waals surface area contributed by atoms with Crippen LogP contribution in [0, 0.1) is 6.92 Å². The normalized spacial score (nSPS) is 13.8. The van der Waals surface area contributed by atoms with Crippen molar-refractivity contribution in [2.24, 2.45) is 0 Å². The van der Waals surface area contributed by atoms with Crippen LogP contribution in [-0.4, -0.2) is 16.1 Å². The first-order valence-electron chi connectivity index (χ1n) is 6.73. The summed E-state index contributed by atoms with van der Waals surface area (Å²) < 4.78 is 0. The van der Waals surface area contributed by atoms with Gasteiger partial charge in [-0.1, -0.05) is 12.1 Å². The highest BCUT2D eigenvalue weighted by molar-refractivity contribution is 7.15. The van der Waals surface area contributed by atoms with Crippen LogP contribution >= 0.6 is 11.3 Å². The lowest BCUT2D eigenvalue weighted by molar-refractivity contribution is 0.0690. The summed E-state index contributed by atoms with van der Waals surface area (Å²) in [5.41, 5.74) is 3.95. The van der Waals surface area contributed by atoms with Gasteiger partial charge in [-0.05, 0) is 49.8 Å². The molecule has 5 heteroatoms. The van der Waals surface area contributed by atoms with Gasteiger partial charge in [-0.25, -0.2) is 9.78 Å². The Balaban J connectivity index is 1.92. The summed E-state index contributed by atoms with van der Waals surface area (Å²) in [7, 11) is 0. The van der Waals surface area contributed by atoms with Crippen LogP contribution in [-0.2, 0) is 12.8 Å². The van der Waals surface area contributed by atoms with Crippen LogP contribution in [0.15, 0.2) is 18.2 Å². The molecule has 0 amide bonds. The molecule has 0 saturated heterocycles. The summed E-state index contributed by atoms with van der Waals surface area (Å²) in [6.45, 7) is 1.78. The first-order chi connectivity index (χ1) is 9.65. The number of hydrogen-bond acceptors (Lipinski definition) is 4. The highest BCUT2D eigenvalue weighted by Gasteiger charge is 2.17. The van der Waals surface area contributed by atoms with Crippen LogP contribution in [0.5, 0.6) is 0 Å². The van der Waals surface area contributed by atoms with Crippen molar-refractivity contribution < 1.29 is 9.90 Å².